The summed E-state index contributed by atoms with van der Waals surface area (Å²) < 4.78 is 31.9. The lowest BCUT2D eigenvalue weighted by molar-refractivity contribution is 0.0378. The standard InChI is InChI=1S/C20H23NO5S/c1-13(2)26-20(23)15-10-8-14(9-11-15)12-17-19(22)16-6-4-5-7-18(16)27(24,25)21(17)3/h4-11,13,17,19,22H,12H2,1-3H3/t17-,19+/m1/s1. The Bertz CT molecular complexity index is 937. The number of fused-ring (bicyclic) bond motifs is 1. The molecule has 3 rings (SSSR count). The van der Waals surface area contributed by atoms with Crippen molar-refractivity contribution in [1.29, 1.82) is 0 Å². The molecule has 0 aliphatic carbocycles. The van der Waals surface area contributed by atoms with Crippen LogP contribution in [0.4, 0.5) is 0 Å². The number of benzene rings is 2. The Hall–Kier alpha value is -2.22. The highest BCUT2D eigenvalue weighted by Crippen LogP contribution is 2.36. The molecule has 7 heteroatoms. The van der Waals surface area contributed by atoms with Gasteiger partial charge in [-0.3, -0.25) is 0 Å². The normalized spacial score (nSPS) is 21.7. The van der Waals surface area contributed by atoms with E-state index in [0.717, 1.165) is 5.56 Å². The first-order valence-electron chi connectivity index (χ1n) is 8.76. The van der Waals surface area contributed by atoms with Crippen LogP contribution in [0.1, 0.15) is 41.4 Å². The molecule has 6 nitrogen and oxygen atoms in total. The van der Waals surface area contributed by atoms with Gasteiger partial charge in [-0.05, 0) is 44.0 Å². The van der Waals surface area contributed by atoms with Crippen LogP contribution >= 0.6 is 0 Å². The van der Waals surface area contributed by atoms with E-state index in [4.69, 9.17) is 4.74 Å². The molecule has 0 radical (unpaired) electrons. The van der Waals surface area contributed by atoms with Gasteiger partial charge in [0, 0.05) is 12.6 Å². The Balaban J connectivity index is 1.84. The third-order valence-electron chi connectivity index (χ3n) is 4.70. The first-order valence-corrected chi connectivity index (χ1v) is 10.2. The van der Waals surface area contributed by atoms with Crippen LogP contribution in [0.25, 0.3) is 0 Å². The predicted molar refractivity (Wildman–Crippen MR) is 101 cm³/mol. The maximum atomic E-state index is 12.7. The van der Waals surface area contributed by atoms with Gasteiger partial charge < -0.3 is 9.84 Å². The molecule has 1 aliphatic rings. The molecule has 0 saturated carbocycles. The van der Waals surface area contributed by atoms with Gasteiger partial charge in [-0.1, -0.05) is 30.3 Å². The molecule has 1 heterocycles. The van der Waals surface area contributed by atoms with Crippen LogP contribution in [-0.2, 0) is 21.2 Å². The molecule has 0 aromatic heterocycles. The van der Waals surface area contributed by atoms with Crippen molar-refractivity contribution in [2.24, 2.45) is 0 Å². The minimum absolute atomic E-state index is 0.142. The number of sulfonamides is 1. The van der Waals surface area contributed by atoms with Gasteiger partial charge in [0.25, 0.3) is 0 Å². The van der Waals surface area contributed by atoms with E-state index in [1.807, 2.05) is 0 Å². The Labute approximate surface area is 159 Å². The maximum Gasteiger partial charge on any atom is 0.338 e. The van der Waals surface area contributed by atoms with Crippen molar-refractivity contribution in [3.05, 3.63) is 65.2 Å². The van der Waals surface area contributed by atoms with E-state index in [-0.39, 0.29) is 11.0 Å². The van der Waals surface area contributed by atoms with Crippen LogP contribution in [0.2, 0.25) is 0 Å². The van der Waals surface area contributed by atoms with Gasteiger partial charge in [-0.15, -0.1) is 0 Å². The molecule has 0 unspecified atom stereocenters. The lowest BCUT2D eigenvalue weighted by atomic mass is 9.95. The Morgan fingerprint density at radius 2 is 1.78 bits per heavy atom. The van der Waals surface area contributed by atoms with E-state index in [1.165, 1.54) is 17.4 Å². The van der Waals surface area contributed by atoms with E-state index >= 15 is 0 Å². The molecule has 2 aromatic rings. The molecular formula is C20H23NO5S. The summed E-state index contributed by atoms with van der Waals surface area (Å²) in [4.78, 5) is 12.1. The van der Waals surface area contributed by atoms with Crippen molar-refractivity contribution in [2.75, 3.05) is 7.05 Å². The number of rotatable bonds is 4. The Morgan fingerprint density at radius 1 is 1.15 bits per heavy atom. The molecule has 1 N–H and O–H groups in total. The highest BCUT2D eigenvalue weighted by Gasteiger charge is 2.41. The van der Waals surface area contributed by atoms with Gasteiger partial charge in [0.1, 0.15) is 0 Å². The molecule has 144 valence electrons. The van der Waals surface area contributed by atoms with Crippen molar-refractivity contribution < 1.29 is 23.1 Å². The van der Waals surface area contributed by atoms with E-state index < -0.39 is 28.1 Å². The summed E-state index contributed by atoms with van der Waals surface area (Å²) in [7, 11) is -2.18. The van der Waals surface area contributed by atoms with Crippen LogP contribution in [0, 0.1) is 0 Å². The van der Waals surface area contributed by atoms with Crippen molar-refractivity contribution in [2.45, 2.75) is 43.4 Å². The zero-order valence-corrected chi connectivity index (χ0v) is 16.3. The zero-order valence-electron chi connectivity index (χ0n) is 15.5. The van der Waals surface area contributed by atoms with Crippen LogP contribution in [-0.4, -0.2) is 43.0 Å². The number of esters is 1. The van der Waals surface area contributed by atoms with Crippen LogP contribution < -0.4 is 0 Å². The largest absolute Gasteiger partial charge is 0.459 e. The molecule has 1 aliphatic heterocycles. The first kappa shape index (κ1) is 19.5. The number of carbonyl (C=O) groups excluding carboxylic acids is 1. The van der Waals surface area contributed by atoms with Crippen molar-refractivity contribution in [3.8, 4) is 0 Å². The molecule has 2 aromatic carbocycles. The van der Waals surface area contributed by atoms with Crippen molar-refractivity contribution >= 4 is 16.0 Å². The smallest absolute Gasteiger partial charge is 0.338 e. The number of carbonyl (C=O) groups is 1. The fraction of sp³-hybridized carbons (Fsp3) is 0.350. The van der Waals surface area contributed by atoms with E-state index in [9.17, 15) is 18.3 Å². The number of hydrogen-bond acceptors (Lipinski definition) is 5. The molecular weight excluding hydrogens is 366 g/mol. The molecule has 27 heavy (non-hydrogen) atoms. The van der Waals surface area contributed by atoms with Gasteiger partial charge in [0.2, 0.25) is 10.0 Å². The average Bonchev–Trinajstić information content (AvgIpc) is 2.64. The van der Waals surface area contributed by atoms with Gasteiger partial charge in [-0.25, -0.2) is 13.2 Å². The molecule has 0 amide bonds. The molecule has 0 bridgehead atoms. The van der Waals surface area contributed by atoms with E-state index in [2.05, 4.69) is 0 Å². The molecule has 0 saturated heterocycles. The fourth-order valence-electron chi connectivity index (χ4n) is 3.24. The summed E-state index contributed by atoms with van der Waals surface area (Å²) in [5, 5.41) is 10.7. The number of aliphatic hydroxyl groups is 1. The summed E-state index contributed by atoms with van der Waals surface area (Å²) >= 11 is 0. The van der Waals surface area contributed by atoms with Crippen LogP contribution in [0.15, 0.2) is 53.4 Å². The lowest BCUT2D eigenvalue weighted by Crippen LogP contribution is -2.46. The zero-order chi connectivity index (χ0) is 19.8. The highest BCUT2D eigenvalue weighted by atomic mass is 32.2. The highest BCUT2D eigenvalue weighted by molar-refractivity contribution is 7.89. The summed E-state index contributed by atoms with van der Waals surface area (Å²) in [6.45, 7) is 3.57. The van der Waals surface area contributed by atoms with Crippen LogP contribution in [0.5, 0.6) is 0 Å². The summed E-state index contributed by atoms with van der Waals surface area (Å²) in [6.07, 6.45) is -0.807. The summed E-state index contributed by atoms with van der Waals surface area (Å²) in [6, 6.07) is 12.7. The van der Waals surface area contributed by atoms with Gasteiger partial charge in [-0.2, -0.15) is 4.31 Å². The predicted octanol–water partition coefficient (Wildman–Crippen LogP) is 2.53. The Kier molecular flexibility index (Phi) is 5.37. The van der Waals surface area contributed by atoms with E-state index in [1.54, 1.807) is 56.3 Å². The number of aliphatic hydroxyl groups excluding tert-OH is 1. The number of likely N-dealkylation sites (N-methyl/N-ethyl adjacent to an activating group) is 1. The SMILES string of the molecule is CC(C)OC(=O)c1ccc(C[C@@H]2[C@@H](O)c3ccccc3S(=O)(=O)N2C)cc1. The molecule has 0 spiro atoms. The maximum absolute atomic E-state index is 12.7. The second kappa shape index (κ2) is 7.42. The van der Waals surface area contributed by atoms with E-state index in [0.29, 0.717) is 17.5 Å². The average molecular weight is 389 g/mol. The number of nitrogens with zero attached hydrogens (tertiary/aromatic N) is 1. The second-order valence-electron chi connectivity index (χ2n) is 6.93. The minimum Gasteiger partial charge on any atom is -0.459 e. The first-order chi connectivity index (χ1) is 12.7. The topological polar surface area (TPSA) is 83.9 Å². The summed E-state index contributed by atoms with van der Waals surface area (Å²) in [5.41, 5.74) is 1.67. The minimum atomic E-state index is -3.66. The molecule has 0 fully saturated rings. The van der Waals surface area contributed by atoms with Crippen molar-refractivity contribution in [3.63, 3.8) is 0 Å². The monoisotopic (exact) mass is 389 g/mol. The third-order valence-corrected chi connectivity index (χ3v) is 6.66. The lowest BCUT2D eigenvalue weighted by Gasteiger charge is -2.37. The van der Waals surface area contributed by atoms with Crippen molar-refractivity contribution in [1.82, 2.24) is 4.31 Å². The quantitative estimate of drug-likeness (QED) is 0.813. The van der Waals surface area contributed by atoms with Crippen LogP contribution in [0.3, 0.4) is 0 Å². The number of hydrogen-bond donors (Lipinski definition) is 1. The fourth-order valence-corrected chi connectivity index (χ4v) is 4.83. The summed E-state index contributed by atoms with van der Waals surface area (Å²) in [5.74, 6) is -0.400. The molecule has 2 atom stereocenters. The third kappa shape index (κ3) is 3.76. The second-order valence-corrected chi connectivity index (χ2v) is 8.89. The van der Waals surface area contributed by atoms with Gasteiger partial charge in [0.05, 0.1) is 28.7 Å². The number of ether oxygens (including phenoxy) is 1. The Morgan fingerprint density at radius 3 is 2.41 bits per heavy atom. The van der Waals surface area contributed by atoms with Gasteiger partial charge in [0.15, 0.2) is 0 Å². The van der Waals surface area contributed by atoms with Gasteiger partial charge >= 0.3 is 5.97 Å².